The van der Waals surface area contributed by atoms with Crippen molar-refractivity contribution in [2.45, 2.75) is 33.0 Å². The number of para-hydroxylation sites is 2. The maximum absolute atomic E-state index is 4.70. The first-order valence-electron chi connectivity index (χ1n) is 7.37. The molecule has 0 unspecified atom stereocenters. The molecule has 0 aliphatic heterocycles. The molecule has 0 bridgehead atoms. The molecule has 0 saturated heterocycles. The van der Waals surface area contributed by atoms with Crippen molar-refractivity contribution >= 4 is 11.0 Å². The van der Waals surface area contributed by atoms with Crippen LogP contribution in [-0.4, -0.2) is 31.1 Å². The highest BCUT2D eigenvalue weighted by Crippen LogP contribution is 2.15. The summed E-state index contributed by atoms with van der Waals surface area (Å²) in [5.41, 5.74) is 2.28. The van der Waals surface area contributed by atoms with Crippen molar-refractivity contribution in [3.8, 4) is 0 Å². The average Bonchev–Trinajstić information content (AvgIpc) is 3.13. The number of hydrogen-bond acceptors (Lipinski definition) is 4. The van der Waals surface area contributed by atoms with Gasteiger partial charge in [-0.1, -0.05) is 17.3 Å². The Morgan fingerprint density at radius 2 is 2.14 bits per heavy atom. The van der Waals surface area contributed by atoms with Gasteiger partial charge in [0.1, 0.15) is 5.82 Å². The lowest BCUT2D eigenvalue weighted by atomic mass is 10.3. The zero-order valence-corrected chi connectivity index (χ0v) is 12.2. The second kappa shape index (κ2) is 6.49. The summed E-state index contributed by atoms with van der Waals surface area (Å²) in [4.78, 5) is 4.70. The molecule has 21 heavy (non-hydrogen) atoms. The van der Waals surface area contributed by atoms with Crippen LogP contribution in [0.25, 0.3) is 11.0 Å². The van der Waals surface area contributed by atoms with E-state index in [1.54, 1.807) is 6.20 Å². The van der Waals surface area contributed by atoms with Crippen LogP contribution in [0.5, 0.6) is 0 Å². The molecule has 0 saturated carbocycles. The molecule has 0 fully saturated rings. The van der Waals surface area contributed by atoms with Crippen molar-refractivity contribution in [3.05, 3.63) is 42.5 Å². The van der Waals surface area contributed by atoms with Crippen LogP contribution >= 0.6 is 0 Å². The summed E-state index contributed by atoms with van der Waals surface area (Å²) in [6, 6.07) is 8.28. The summed E-state index contributed by atoms with van der Waals surface area (Å²) in [5, 5.41) is 11.2. The van der Waals surface area contributed by atoms with Crippen molar-refractivity contribution < 1.29 is 0 Å². The Morgan fingerprint density at radius 1 is 1.24 bits per heavy atom. The third kappa shape index (κ3) is 3.11. The van der Waals surface area contributed by atoms with Crippen LogP contribution in [0, 0.1) is 0 Å². The van der Waals surface area contributed by atoms with Crippen LogP contribution in [0.4, 0.5) is 0 Å². The topological polar surface area (TPSA) is 60.6 Å². The number of nitrogens with one attached hydrogen (secondary N) is 1. The smallest absolute Gasteiger partial charge is 0.123 e. The molecule has 1 N–H and O–H groups in total. The lowest BCUT2D eigenvalue weighted by Gasteiger charge is -2.07. The quantitative estimate of drug-likeness (QED) is 0.672. The number of benzene rings is 1. The molecule has 0 aliphatic rings. The van der Waals surface area contributed by atoms with E-state index in [2.05, 4.69) is 45.3 Å². The van der Waals surface area contributed by atoms with Crippen LogP contribution in [0.15, 0.2) is 36.7 Å². The fourth-order valence-electron chi connectivity index (χ4n) is 2.53. The molecule has 2 heterocycles. The van der Waals surface area contributed by atoms with Crippen molar-refractivity contribution in [1.82, 2.24) is 29.9 Å². The molecule has 0 aliphatic carbocycles. The highest BCUT2D eigenvalue weighted by Gasteiger charge is 2.07. The first-order valence-corrected chi connectivity index (χ1v) is 7.37. The SMILES string of the molecule is CCn1c(CNCCCn2ccnn2)nc2ccccc21. The van der Waals surface area contributed by atoms with Gasteiger partial charge in [-0.2, -0.15) is 0 Å². The lowest BCUT2D eigenvalue weighted by molar-refractivity contribution is 0.521. The van der Waals surface area contributed by atoms with Crippen LogP contribution in [0.2, 0.25) is 0 Å². The third-order valence-corrected chi connectivity index (χ3v) is 3.55. The average molecular weight is 284 g/mol. The summed E-state index contributed by atoms with van der Waals surface area (Å²) in [7, 11) is 0. The molecule has 6 nitrogen and oxygen atoms in total. The van der Waals surface area contributed by atoms with Gasteiger partial charge in [-0.3, -0.25) is 4.68 Å². The van der Waals surface area contributed by atoms with Gasteiger partial charge in [0, 0.05) is 19.3 Å². The maximum Gasteiger partial charge on any atom is 0.123 e. The van der Waals surface area contributed by atoms with Gasteiger partial charge >= 0.3 is 0 Å². The first-order chi connectivity index (χ1) is 10.4. The fraction of sp³-hybridized carbons (Fsp3) is 0.400. The molecule has 0 atom stereocenters. The Bertz CT molecular complexity index is 685. The Morgan fingerprint density at radius 3 is 2.95 bits per heavy atom. The minimum Gasteiger partial charge on any atom is -0.327 e. The number of nitrogens with zero attached hydrogens (tertiary/aromatic N) is 5. The van der Waals surface area contributed by atoms with Gasteiger partial charge in [0.2, 0.25) is 0 Å². The van der Waals surface area contributed by atoms with E-state index in [0.717, 1.165) is 43.9 Å². The summed E-state index contributed by atoms with van der Waals surface area (Å²) in [6.45, 7) is 5.71. The maximum atomic E-state index is 4.70. The van der Waals surface area contributed by atoms with E-state index in [-0.39, 0.29) is 0 Å². The number of fused-ring (bicyclic) bond motifs is 1. The predicted molar refractivity (Wildman–Crippen MR) is 81.8 cm³/mol. The zero-order valence-electron chi connectivity index (χ0n) is 12.2. The number of hydrogen-bond donors (Lipinski definition) is 1. The summed E-state index contributed by atoms with van der Waals surface area (Å²) < 4.78 is 4.11. The molecule has 3 aromatic rings. The second-order valence-corrected chi connectivity index (χ2v) is 4.96. The van der Waals surface area contributed by atoms with Gasteiger partial charge in [0.25, 0.3) is 0 Å². The van der Waals surface area contributed by atoms with Gasteiger partial charge in [-0.15, -0.1) is 5.10 Å². The van der Waals surface area contributed by atoms with Crippen LogP contribution in [0.1, 0.15) is 19.2 Å². The molecule has 1 aromatic carbocycles. The van der Waals surface area contributed by atoms with E-state index in [4.69, 9.17) is 4.98 Å². The Labute approximate surface area is 123 Å². The molecule has 2 aromatic heterocycles. The lowest BCUT2D eigenvalue weighted by Crippen LogP contribution is -2.19. The molecule has 110 valence electrons. The van der Waals surface area contributed by atoms with Crippen molar-refractivity contribution in [3.63, 3.8) is 0 Å². The summed E-state index contributed by atoms with van der Waals surface area (Å²) >= 11 is 0. The normalized spacial score (nSPS) is 11.3. The molecule has 6 heteroatoms. The summed E-state index contributed by atoms with van der Waals surface area (Å²) in [6.07, 6.45) is 4.61. The highest BCUT2D eigenvalue weighted by atomic mass is 15.4. The molecule has 0 spiro atoms. The molecular weight excluding hydrogens is 264 g/mol. The monoisotopic (exact) mass is 284 g/mol. The summed E-state index contributed by atoms with van der Waals surface area (Å²) in [5.74, 6) is 1.10. The van der Waals surface area contributed by atoms with E-state index in [9.17, 15) is 0 Å². The number of aryl methyl sites for hydroxylation is 2. The second-order valence-electron chi connectivity index (χ2n) is 4.96. The van der Waals surface area contributed by atoms with Gasteiger partial charge < -0.3 is 9.88 Å². The van der Waals surface area contributed by atoms with Gasteiger partial charge in [0.05, 0.1) is 23.8 Å². The van der Waals surface area contributed by atoms with E-state index < -0.39 is 0 Å². The standard InChI is InChI=1S/C15H20N6/c1-2-21-14-7-4-3-6-13(14)18-15(21)12-16-8-5-10-20-11-9-17-19-20/h3-4,6-7,9,11,16H,2,5,8,10,12H2,1H3. The van der Waals surface area contributed by atoms with Crippen LogP contribution < -0.4 is 5.32 Å². The van der Waals surface area contributed by atoms with Crippen molar-refractivity contribution in [1.29, 1.82) is 0 Å². The highest BCUT2D eigenvalue weighted by molar-refractivity contribution is 5.75. The molecule has 0 radical (unpaired) electrons. The Hall–Kier alpha value is -2.21. The largest absolute Gasteiger partial charge is 0.327 e. The van der Waals surface area contributed by atoms with Crippen molar-refractivity contribution in [2.75, 3.05) is 6.54 Å². The van der Waals surface area contributed by atoms with Gasteiger partial charge in [-0.05, 0) is 32.0 Å². The zero-order chi connectivity index (χ0) is 14.5. The molecule has 0 amide bonds. The van der Waals surface area contributed by atoms with Gasteiger partial charge in [0.15, 0.2) is 0 Å². The Balaban J connectivity index is 1.55. The number of rotatable bonds is 7. The minimum absolute atomic E-state index is 0.792. The van der Waals surface area contributed by atoms with Crippen LogP contribution in [0.3, 0.4) is 0 Å². The molecule has 3 rings (SSSR count). The van der Waals surface area contributed by atoms with Crippen LogP contribution in [-0.2, 0) is 19.6 Å². The minimum atomic E-state index is 0.792. The first kappa shape index (κ1) is 13.8. The number of aromatic nitrogens is 5. The van der Waals surface area contributed by atoms with E-state index in [1.807, 2.05) is 16.9 Å². The van der Waals surface area contributed by atoms with E-state index >= 15 is 0 Å². The number of imidazole rings is 1. The van der Waals surface area contributed by atoms with Gasteiger partial charge in [-0.25, -0.2) is 4.98 Å². The van der Waals surface area contributed by atoms with E-state index in [1.165, 1.54) is 5.52 Å². The fourth-order valence-corrected chi connectivity index (χ4v) is 2.53. The van der Waals surface area contributed by atoms with Crippen molar-refractivity contribution in [2.24, 2.45) is 0 Å². The molecular formula is C15H20N6. The third-order valence-electron chi connectivity index (χ3n) is 3.55. The predicted octanol–water partition coefficient (Wildman–Crippen LogP) is 1.83. The Kier molecular flexibility index (Phi) is 4.25. The van der Waals surface area contributed by atoms with E-state index in [0.29, 0.717) is 0 Å².